The fourth-order valence-corrected chi connectivity index (χ4v) is 4.20. The average Bonchev–Trinajstić information content (AvgIpc) is 3.03. The van der Waals surface area contributed by atoms with E-state index in [1.807, 2.05) is 45.0 Å². The molecule has 0 spiro atoms. The van der Waals surface area contributed by atoms with E-state index in [1.54, 1.807) is 30.2 Å². The van der Waals surface area contributed by atoms with Crippen molar-refractivity contribution in [2.24, 2.45) is 0 Å². The van der Waals surface area contributed by atoms with Crippen LogP contribution in [0, 0.1) is 6.92 Å². The second-order valence-corrected chi connectivity index (χ2v) is 8.62. The van der Waals surface area contributed by atoms with Crippen LogP contribution in [-0.4, -0.2) is 41.5 Å². The molecule has 0 aliphatic carbocycles. The summed E-state index contributed by atoms with van der Waals surface area (Å²) in [5.41, 5.74) is 2.13. The summed E-state index contributed by atoms with van der Waals surface area (Å²) in [4.78, 5) is 27.8. The summed E-state index contributed by atoms with van der Waals surface area (Å²) in [6.07, 6.45) is 2.71. The van der Waals surface area contributed by atoms with E-state index < -0.39 is 17.7 Å². The molecule has 1 amide bonds. The maximum atomic E-state index is 13.2. The number of carbonyl (C=O) groups excluding carboxylic acids is 2. The van der Waals surface area contributed by atoms with E-state index in [9.17, 15) is 14.7 Å². The number of aryl methyl sites for hydroxylation is 1. The van der Waals surface area contributed by atoms with E-state index in [2.05, 4.69) is 6.92 Å². The predicted octanol–water partition coefficient (Wildman–Crippen LogP) is 5.40. The zero-order valence-corrected chi connectivity index (χ0v) is 20.1. The number of rotatable bonds is 9. The lowest BCUT2D eigenvalue weighted by atomic mass is 9.94. The molecule has 1 heterocycles. The molecule has 1 aliphatic heterocycles. The Labute approximate surface area is 195 Å². The first-order chi connectivity index (χ1) is 15.8. The van der Waals surface area contributed by atoms with Crippen LogP contribution in [0.5, 0.6) is 11.5 Å². The first-order valence-electron chi connectivity index (χ1n) is 11.5. The molecule has 2 aromatic carbocycles. The van der Waals surface area contributed by atoms with Crippen LogP contribution in [0.25, 0.3) is 5.76 Å². The van der Waals surface area contributed by atoms with Crippen molar-refractivity contribution in [1.29, 1.82) is 0 Å². The van der Waals surface area contributed by atoms with Gasteiger partial charge in [0, 0.05) is 12.1 Å². The molecule has 1 unspecified atom stereocenters. The van der Waals surface area contributed by atoms with Gasteiger partial charge in [-0.25, -0.2) is 0 Å². The summed E-state index contributed by atoms with van der Waals surface area (Å²) in [6.45, 7) is 8.27. The monoisotopic (exact) mass is 451 g/mol. The number of hydrogen-bond donors (Lipinski definition) is 1. The topological polar surface area (TPSA) is 76.1 Å². The number of benzene rings is 2. The van der Waals surface area contributed by atoms with Crippen molar-refractivity contribution >= 4 is 17.4 Å². The quantitative estimate of drug-likeness (QED) is 0.239. The molecule has 6 nitrogen and oxygen atoms in total. The molecule has 1 aliphatic rings. The number of likely N-dealkylation sites (tertiary alicyclic amines) is 1. The Balaban J connectivity index is 2.13. The molecule has 33 heavy (non-hydrogen) atoms. The number of aliphatic hydroxyl groups is 1. The highest BCUT2D eigenvalue weighted by molar-refractivity contribution is 6.46. The lowest BCUT2D eigenvalue weighted by molar-refractivity contribution is -0.139. The normalized spacial score (nSPS) is 17.6. The highest BCUT2D eigenvalue weighted by Gasteiger charge is 2.45. The fourth-order valence-electron chi connectivity index (χ4n) is 4.20. The van der Waals surface area contributed by atoms with E-state index in [4.69, 9.17) is 9.47 Å². The molecule has 0 radical (unpaired) electrons. The highest BCUT2D eigenvalue weighted by atomic mass is 16.5. The van der Waals surface area contributed by atoms with Crippen LogP contribution in [0.4, 0.5) is 0 Å². The van der Waals surface area contributed by atoms with Gasteiger partial charge < -0.3 is 19.5 Å². The Morgan fingerprint density at radius 1 is 1.12 bits per heavy atom. The second kappa shape index (κ2) is 10.6. The van der Waals surface area contributed by atoms with Gasteiger partial charge in [-0.15, -0.1) is 0 Å². The number of unbranched alkanes of at least 4 members (excludes halogenated alkanes) is 2. The van der Waals surface area contributed by atoms with Gasteiger partial charge in [0.05, 0.1) is 24.8 Å². The molecule has 2 aromatic rings. The molecule has 176 valence electrons. The maximum Gasteiger partial charge on any atom is 0.295 e. The van der Waals surface area contributed by atoms with Crippen molar-refractivity contribution in [2.75, 3.05) is 13.7 Å². The van der Waals surface area contributed by atoms with E-state index in [0.29, 0.717) is 23.6 Å². The third-order valence-corrected chi connectivity index (χ3v) is 5.76. The van der Waals surface area contributed by atoms with Crippen molar-refractivity contribution in [3.63, 3.8) is 0 Å². The van der Waals surface area contributed by atoms with Gasteiger partial charge in [0.1, 0.15) is 17.3 Å². The largest absolute Gasteiger partial charge is 0.507 e. The smallest absolute Gasteiger partial charge is 0.295 e. The molecule has 0 aromatic heterocycles. The number of hydrogen-bond acceptors (Lipinski definition) is 5. The SMILES string of the molecule is CCCCCN1C(=O)C(=O)/C(=C(/O)c2ccc(OC)c(C)c2)C1c1cccc(OC(C)C)c1. The second-order valence-electron chi connectivity index (χ2n) is 8.62. The molecule has 1 fully saturated rings. The van der Waals surface area contributed by atoms with Crippen LogP contribution >= 0.6 is 0 Å². The summed E-state index contributed by atoms with van der Waals surface area (Å²) >= 11 is 0. The first-order valence-corrected chi connectivity index (χ1v) is 11.5. The van der Waals surface area contributed by atoms with Gasteiger partial charge in [-0.3, -0.25) is 9.59 Å². The molecule has 3 rings (SSSR count). The first kappa shape index (κ1) is 24.4. The van der Waals surface area contributed by atoms with Crippen LogP contribution < -0.4 is 9.47 Å². The van der Waals surface area contributed by atoms with Crippen LogP contribution in [0.15, 0.2) is 48.0 Å². The van der Waals surface area contributed by atoms with Gasteiger partial charge in [-0.2, -0.15) is 0 Å². The minimum Gasteiger partial charge on any atom is -0.507 e. The molecule has 1 N–H and O–H groups in total. The molecule has 0 saturated carbocycles. The van der Waals surface area contributed by atoms with Crippen molar-refractivity contribution < 1.29 is 24.2 Å². The number of amides is 1. The number of Topliss-reactive ketones (excluding diaryl/α,β-unsaturated/α-hetero) is 1. The number of ether oxygens (including phenoxy) is 2. The van der Waals surface area contributed by atoms with Gasteiger partial charge in [-0.05, 0) is 68.7 Å². The van der Waals surface area contributed by atoms with E-state index in [1.165, 1.54) is 0 Å². The summed E-state index contributed by atoms with van der Waals surface area (Å²) in [7, 11) is 1.58. The summed E-state index contributed by atoms with van der Waals surface area (Å²) in [6, 6.07) is 11.9. The van der Waals surface area contributed by atoms with Gasteiger partial charge in [0.15, 0.2) is 0 Å². The number of nitrogens with zero attached hydrogens (tertiary/aromatic N) is 1. The third kappa shape index (κ3) is 5.21. The molecule has 0 bridgehead atoms. The zero-order valence-electron chi connectivity index (χ0n) is 20.1. The number of carbonyl (C=O) groups is 2. The zero-order chi connectivity index (χ0) is 24.1. The summed E-state index contributed by atoms with van der Waals surface area (Å²) in [5, 5.41) is 11.2. The average molecular weight is 452 g/mol. The number of aliphatic hydroxyl groups excluding tert-OH is 1. The molecule has 1 saturated heterocycles. The van der Waals surface area contributed by atoms with E-state index in [0.717, 1.165) is 30.4 Å². The van der Waals surface area contributed by atoms with Gasteiger partial charge in [0.2, 0.25) is 0 Å². The van der Waals surface area contributed by atoms with Crippen molar-refractivity contribution in [2.45, 2.75) is 59.1 Å². The van der Waals surface area contributed by atoms with Gasteiger partial charge in [0.25, 0.3) is 11.7 Å². The number of ketones is 1. The Morgan fingerprint density at radius 3 is 2.52 bits per heavy atom. The van der Waals surface area contributed by atoms with Crippen LogP contribution in [0.2, 0.25) is 0 Å². The fraction of sp³-hybridized carbons (Fsp3) is 0.407. The van der Waals surface area contributed by atoms with E-state index in [-0.39, 0.29) is 17.4 Å². The Morgan fingerprint density at radius 2 is 1.88 bits per heavy atom. The third-order valence-electron chi connectivity index (χ3n) is 5.76. The number of methoxy groups -OCH3 is 1. The van der Waals surface area contributed by atoms with Crippen molar-refractivity contribution in [3.8, 4) is 11.5 Å². The lowest BCUT2D eigenvalue weighted by Gasteiger charge is -2.26. The summed E-state index contributed by atoms with van der Waals surface area (Å²) in [5.74, 6) is -0.100. The van der Waals surface area contributed by atoms with Crippen molar-refractivity contribution in [1.82, 2.24) is 4.90 Å². The van der Waals surface area contributed by atoms with E-state index >= 15 is 0 Å². The van der Waals surface area contributed by atoms with Crippen LogP contribution in [0.3, 0.4) is 0 Å². The minimum atomic E-state index is -0.681. The van der Waals surface area contributed by atoms with Crippen LogP contribution in [-0.2, 0) is 9.59 Å². The standard InChI is InChI=1S/C27H33NO5/c1-6-7-8-14-28-24(19-10-9-11-21(16-19)33-17(2)3)23(26(30)27(28)31)25(29)20-12-13-22(32-5)18(4)15-20/h9-13,15-17,24,29H,6-8,14H2,1-5H3/b25-23+. The predicted molar refractivity (Wildman–Crippen MR) is 128 cm³/mol. The molecular weight excluding hydrogens is 418 g/mol. The van der Waals surface area contributed by atoms with Gasteiger partial charge >= 0.3 is 0 Å². The Hall–Kier alpha value is -3.28. The maximum absolute atomic E-state index is 13.2. The lowest BCUT2D eigenvalue weighted by Crippen LogP contribution is -2.30. The summed E-state index contributed by atoms with van der Waals surface area (Å²) < 4.78 is 11.2. The highest BCUT2D eigenvalue weighted by Crippen LogP contribution is 2.41. The Kier molecular flexibility index (Phi) is 7.79. The molecule has 1 atom stereocenters. The molecule has 6 heteroatoms. The minimum absolute atomic E-state index is 0.0153. The molecular formula is C27H33NO5. The Bertz CT molecular complexity index is 1060. The van der Waals surface area contributed by atoms with Crippen LogP contribution in [0.1, 0.15) is 62.8 Å². The van der Waals surface area contributed by atoms with Gasteiger partial charge in [-0.1, -0.05) is 31.9 Å². The van der Waals surface area contributed by atoms with Crippen molar-refractivity contribution in [3.05, 3.63) is 64.7 Å².